The first-order valence-corrected chi connectivity index (χ1v) is 11.8. The Balaban J connectivity index is 1.53. The molecule has 2 aromatic carbocycles. The number of H-pyrrole nitrogens is 1. The average molecular weight is 465 g/mol. The minimum atomic E-state index is -0.908. The number of rotatable bonds is 3. The average Bonchev–Trinajstić information content (AvgIpc) is 3.41. The van der Waals surface area contributed by atoms with Crippen molar-refractivity contribution in [2.45, 2.75) is 38.6 Å². The van der Waals surface area contributed by atoms with Crippen LogP contribution in [0.15, 0.2) is 66.4 Å². The van der Waals surface area contributed by atoms with Crippen LogP contribution in [-0.2, 0) is 22.4 Å². The minimum Gasteiger partial charge on any atom is -0.507 e. The number of nitrogens with zero attached hydrogens (tertiary/aromatic N) is 3. The van der Waals surface area contributed by atoms with Crippen molar-refractivity contribution in [3.63, 3.8) is 0 Å². The van der Waals surface area contributed by atoms with Gasteiger partial charge in [-0.3, -0.25) is 19.5 Å². The highest BCUT2D eigenvalue weighted by molar-refractivity contribution is 6.51. The number of carbonyl (C=O) groups is 2. The van der Waals surface area contributed by atoms with Gasteiger partial charge in [-0.1, -0.05) is 24.3 Å². The van der Waals surface area contributed by atoms with Gasteiger partial charge in [-0.2, -0.15) is 0 Å². The number of hydrogen-bond donors (Lipinski definition) is 2. The number of ketones is 1. The SMILES string of the molecule is Cc1ccc2nc(N3C(=O)C(=O)/C(=C(/O)c4ccc5c(c4)CCCC5)C3c3ccccn3)[nH]c2c1. The highest BCUT2D eigenvalue weighted by atomic mass is 16.3. The second-order valence-corrected chi connectivity index (χ2v) is 9.20. The Kier molecular flexibility index (Phi) is 4.99. The van der Waals surface area contributed by atoms with E-state index in [0.717, 1.165) is 36.8 Å². The lowest BCUT2D eigenvalue weighted by atomic mass is 9.89. The number of amides is 1. The van der Waals surface area contributed by atoms with E-state index in [2.05, 4.69) is 15.0 Å². The number of anilines is 1. The second-order valence-electron chi connectivity index (χ2n) is 9.20. The first-order chi connectivity index (χ1) is 17.0. The molecule has 1 atom stereocenters. The standard InChI is InChI=1S/C28H24N4O3/c1-16-9-12-20-22(14-16)31-28(30-20)32-24(21-8-4-5-13-29-21)23(26(34)27(32)35)25(33)19-11-10-17-6-2-3-7-18(17)15-19/h4-5,8-15,24,33H,2-3,6-7H2,1H3,(H,30,31)/b25-23+. The monoisotopic (exact) mass is 464 g/mol. The van der Waals surface area contributed by atoms with Crippen molar-refractivity contribution in [1.29, 1.82) is 0 Å². The van der Waals surface area contributed by atoms with E-state index in [9.17, 15) is 14.7 Å². The first kappa shape index (κ1) is 21.3. The van der Waals surface area contributed by atoms with Crippen LogP contribution in [0.1, 0.15) is 46.8 Å². The van der Waals surface area contributed by atoms with Crippen LogP contribution < -0.4 is 4.90 Å². The number of pyridine rings is 1. The van der Waals surface area contributed by atoms with Crippen LogP contribution in [-0.4, -0.2) is 31.7 Å². The Morgan fingerprint density at radius 3 is 2.66 bits per heavy atom. The molecule has 4 aromatic rings. The van der Waals surface area contributed by atoms with Crippen molar-refractivity contribution in [3.8, 4) is 0 Å². The van der Waals surface area contributed by atoms with E-state index in [4.69, 9.17) is 0 Å². The van der Waals surface area contributed by atoms with Crippen LogP contribution in [0, 0.1) is 6.92 Å². The van der Waals surface area contributed by atoms with Gasteiger partial charge < -0.3 is 10.1 Å². The quantitative estimate of drug-likeness (QED) is 0.258. The number of aliphatic hydroxyl groups is 1. The molecule has 7 heteroatoms. The zero-order valence-corrected chi connectivity index (χ0v) is 19.3. The fourth-order valence-electron chi connectivity index (χ4n) is 5.13. The number of aromatic amines is 1. The molecule has 7 nitrogen and oxygen atoms in total. The maximum Gasteiger partial charge on any atom is 0.302 e. The van der Waals surface area contributed by atoms with Crippen molar-refractivity contribution in [1.82, 2.24) is 15.0 Å². The fraction of sp³-hybridized carbons (Fsp3) is 0.214. The molecule has 0 bridgehead atoms. The highest BCUT2D eigenvalue weighted by Crippen LogP contribution is 2.41. The molecule has 6 rings (SSSR count). The number of aliphatic hydroxyl groups excluding tert-OH is 1. The summed E-state index contributed by atoms with van der Waals surface area (Å²) in [6.07, 6.45) is 5.81. The van der Waals surface area contributed by atoms with E-state index in [1.807, 2.05) is 43.3 Å². The van der Waals surface area contributed by atoms with Gasteiger partial charge in [0.15, 0.2) is 0 Å². The van der Waals surface area contributed by atoms with Gasteiger partial charge in [0.1, 0.15) is 11.8 Å². The van der Waals surface area contributed by atoms with Gasteiger partial charge >= 0.3 is 5.91 Å². The van der Waals surface area contributed by atoms with Gasteiger partial charge in [0.2, 0.25) is 5.95 Å². The molecule has 1 amide bonds. The van der Waals surface area contributed by atoms with Gasteiger partial charge in [-0.25, -0.2) is 4.98 Å². The van der Waals surface area contributed by atoms with Crippen LogP contribution in [0.5, 0.6) is 0 Å². The van der Waals surface area contributed by atoms with Crippen molar-refractivity contribution < 1.29 is 14.7 Å². The maximum atomic E-state index is 13.4. The zero-order chi connectivity index (χ0) is 24.1. The molecule has 2 aliphatic rings. The lowest BCUT2D eigenvalue weighted by Crippen LogP contribution is -2.30. The van der Waals surface area contributed by atoms with E-state index in [1.54, 1.807) is 24.4 Å². The molecule has 174 valence electrons. The molecule has 1 aliphatic carbocycles. The number of hydrogen-bond acceptors (Lipinski definition) is 5. The Hall–Kier alpha value is -4.26. The Labute approximate surface area is 202 Å². The Bertz CT molecular complexity index is 1520. The number of nitrogens with one attached hydrogen (secondary N) is 1. The van der Waals surface area contributed by atoms with Gasteiger partial charge in [-0.15, -0.1) is 0 Å². The van der Waals surface area contributed by atoms with Crippen LogP contribution >= 0.6 is 0 Å². The summed E-state index contributed by atoms with van der Waals surface area (Å²) in [6, 6.07) is 15.9. The normalized spacial score (nSPS) is 19.3. The van der Waals surface area contributed by atoms with E-state index >= 15 is 0 Å². The summed E-state index contributed by atoms with van der Waals surface area (Å²) >= 11 is 0. The van der Waals surface area contributed by atoms with Gasteiger partial charge in [-0.05, 0) is 79.6 Å². The van der Waals surface area contributed by atoms with Crippen molar-refractivity contribution in [2.75, 3.05) is 4.90 Å². The zero-order valence-electron chi connectivity index (χ0n) is 19.3. The maximum absolute atomic E-state index is 13.4. The number of fused-ring (bicyclic) bond motifs is 2. The molecular formula is C28H24N4O3. The first-order valence-electron chi connectivity index (χ1n) is 11.8. The van der Waals surface area contributed by atoms with Gasteiger partial charge in [0.25, 0.3) is 5.78 Å². The lowest BCUT2D eigenvalue weighted by Gasteiger charge is -2.22. The second kappa shape index (κ2) is 8.20. The summed E-state index contributed by atoms with van der Waals surface area (Å²) in [6.45, 7) is 1.97. The highest BCUT2D eigenvalue weighted by Gasteiger charge is 2.48. The van der Waals surface area contributed by atoms with Crippen molar-refractivity contribution >= 4 is 34.4 Å². The third-order valence-corrected chi connectivity index (χ3v) is 6.89. The van der Waals surface area contributed by atoms with Crippen LogP contribution in [0.2, 0.25) is 0 Å². The molecule has 1 aliphatic heterocycles. The molecule has 1 fully saturated rings. The van der Waals surface area contributed by atoms with E-state index in [-0.39, 0.29) is 17.3 Å². The third-order valence-electron chi connectivity index (χ3n) is 6.89. The number of aryl methyl sites for hydroxylation is 3. The largest absolute Gasteiger partial charge is 0.507 e. The number of carbonyl (C=O) groups excluding carboxylic acids is 2. The van der Waals surface area contributed by atoms with Crippen LogP contribution in [0.4, 0.5) is 5.95 Å². The molecule has 2 aromatic heterocycles. The molecule has 0 spiro atoms. The molecule has 1 saturated heterocycles. The number of benzene rings is 2. The molecule has 1 unspecified atom stereocenters. The third kappa shape index (κ3) is 3.51. The summed E-state index contributed by atoms with van der Waals surface area (Å²) in [4.78, 5) is 40.2. The van der Waals surface area contributed by atoms with E-state index in [1.165, 1.54) is 16.0 Å². The molecule has 3 heterocycles. The minimum absolute atomic E-state index is 0.0149. The Morgan fingerprint density at radius 1 is 1.03 bits per heavy atom. The van der Waals surface area contributed by atoms with E-state index < -0.39 is 17.7 Å². The smallest absolute Gasteiger partial charge is 0.302 e. The molecular weight excluding hydrogens is 440 g/mol. The van der Waals surface area contributed by atoms with Crippen molar-refractivity contribution in [2.24, 2.45) is 0 Å². The predicted octanol–water partition coefficient (Wildman–Crippen LogP) is 4.77. The molecule has 0 saturated carbocycles. The predicted molar refractivity (Wildman–Crippen MR) is 133 cm³/mol. The van der Waals surface area contributed by atoms with Crippen LogP contribution in [0.3, 0.4) is 0 Å². The number of aromatic nitrogens is 3. The van der Waals surface area contributed by atoms with Gasteiger partial charge in [0.05, 0.1) is 22.3 Å². The fourth-order valence-corrected chi connectivity index (χ4v) is 5.13. The molecule has 2 N–H and O–H groups in total. The number of Topliss-reactive ketones (excluding diaryl/α,β-unsaturated/α-hetero) is 1. The van der Waals surface area contributed by atoms with Crippen LogP contribution in [0.25, 0.3) is 16.8 Å². The summed E-state index contributed by atoms with van der Waals surface area (Å²) in [5.41, 5.74) is 5.96. The number of imidazole rings is 1. The Morgan fingerprint density at radius 2 is 1.86 bits per heavy atom. The van der Waals surface area contributed by atoms with Gasteiger partial charge in [0, 0.05) is 11.8 Å². The molecule has 35 heavy (non-hydrogen) atoms. The summed E-state index contributed by atoms with van der Waals surface area (Å²) in [5, 5.41) is 11.4. The van der Waals surface area contributed by atoms with Crippen molar-refractivity contribution in [3.05, 3.63) is 94.3 Å². The summed E-state index contributed by atoms with van der Waals surface area (Å²) < 4.78 is 0. The molecule has 0 radical (unpaired) electrons. The summed E-state index contributed by atoms with van der Waals surface area (Å²) in [5.74, 6) is -1.46. The topological polar surface area (TPSA) is 99.2 Å². The summed E-state index contributed by atoms with van der Waals surface area (Å²) in [7, 11) is 0. The lowest BCUT2D eigenvalue weighted by molar-refractivity contribution is -0.132. The van der Waals surface area contributed by atoms with E-state index in [0.29, 0.717) is 16.8 Å².